The Morgan fingerprint density at radius 3 is 2.92 bits per heavy atom. The monoisotopic (exact) mass is 519 g/mol. The highest BCUT2D eigenvalue weighted by Gasteiger charge is 2.18. The first kappa shape index (κ1) is 24.7. The fraction of sp³-hybridized carbons (Fsp3) is 0.233. The van der Waals surface area contributed by atoms with Crippen molar-refractivity contribution >= 4 is 33.8 Å². The predicted molar refractivity (Wildman–Crippen MR) is 151 cm³/mol. The van der Waals surface area contributed by atoms with Gasteiger partial charge in [0.15, 0.2) is 11.4 Å². The number of anilines is 2. The fourth-order valence-electron chi connectivity index (χ4n) is 4.94. The number of fused-ring (bicyclic) bond motifs is 2. The van der Waals surface area contributed by atoms with E-state index in [0.717, 1.165) is 52.1 Å². The van der Waals surface area contributed by atoms with Crippen molar-refractivity contribution in [1.29, 1.82) is 0 Å². The van der Waals surface area contributed by atoms with Gasteiger partial charge < -0.3 is 10.1 Å². The Kier molecular flexibility index (Phi) is 6.73. The molecule has 5 aromatic rings. The van der Waals surface area contributed by atoms with Gasteiger partial charge in [0.25, 0.3) is 0 Å². The average molecular weight is 520 g/mol. The number of carbonyl (C=O) groups is 1. The Morgan fingerprint density at radius 1 is 1.15 bits per heavy atom. The van der Waals surface area contributed by atoms with Crippen molar-refractivity contribution < 1.29 is 9.53 Å². The van der Waals surface area contributed by atoms with E-state index in [2.05, 4.69) is 37.4 Å². The number of hydrogen-bond acceptors (Lipinski definition) is 8. The highest BCUT2D eigenvalue weighted by molar-refractivity contribution is 5.94. The third-order valence-electron chi connectivity index (χ3n) is 7.10. The second-order valence-electron chi connectivity index (χ2n) is 9.93. The van der Waals surface area contributed by atoms with E-state index in [1.54, 1.807) is 18.7 Å². The number of likely N-dealkylation sites (tertiary alicyclic amines) is 1. The number of aromatic nitrogens is 5. The first-order valence-electron chi connectivity index (χ1n) is 13.0. The smallest absolute Gasteiger partial charge is 0.164 e. The maximum Gasteiger partial charge on any atom is 0.164 e. The SMILES string of the molecule is Cc1cc(Nc2ncnc3ccc(CC(=O)/C=C/[C@H]4CCCN4C)cc23)ccc1Oc1ccn2cnnc2c1. The molecule has 1 N–H and O–H groups in total. The summed E-state index contributed by atoms with van der Waals surface area (Å²) in [6, 6.07) is 15.8. The molecule has 0 aliphatic carbocycles. The number of pyridine rings is 1. The van der Waals surface area contributed by atoms with E-state index in [-0.39, 0.29) is 5.78 Å². The van der Waals surface area contributed by atoms with Gasteiger partial charge in [-0.15, -0.1) is 10.2 Å². The third-order valence-corrected chi connectivity index (χ3v) is 7.10. The van der Waals surface area contributed by atoms with Gasteiger partial charge in [-0.05, 0) is 87.0 Å². The first-order chi connectivity index (χ1) is 19.0. The lowest BCUT2D eigenvalue weighted by Gasteiger charge is -2.14. The van der Waals surface area contributed by atoms with E-state index in [1.807, 2.05) is 72.1 Å². The van der Waals surface area contributed by atoms with E-state index in [9.17, 15) is 4.79 Å². The second-order valence-corrected chi connectivity index (χ2v) is 9.93. The molecule has 0 saturated carbocycles. The lowest BCUT2D eigenvalue weighted by molar-refractivity contribution is -0.114. The van der Waals surface area contributed by atoms with Crippen molar-refractivity contribution in [3.63, 3.8) is 0 Å². The highest BCUT2D eigenvalue weighted by atomic mass is 16.5. The molecule has 3 aromatic heterocycles. The maximum absolute atomic E-state index is 12.7. The Labute approximate surface area is 226 Å². The number of carbonyl (C=O) groups excluding carboxylic acids is 1. The molecule has 0 bridgehead atoms. The van der Waals surface area contributed by atoms with Crippen molar-refractivity contribution in [3.8, 4) is 11.5 Å². The number of ether oxygens (including phenoxy) is 1. The van der Waals surface area contributed by atoms with Gasteiger partial charge in [-0.25, -0.2) is 9.97 Å². The van der Waals surface area contributed by atoms with Gasteiger partial charge in [-0.2, -0.15) is 0 Å². The minimum atomic E-state index is 0.0929. The van der Waals surface area contributed by atoms with Gasteiger partial charge in [-0.1, -0.05) is 12.1 Å². The molecule has 39 heavy (non-hydrogen) atoms. The minimum absolute atomic E-state index is 0.0929. The van der Waals surface area contributed by atoms with Gasteiger partial charge in [-0.3, -0.25) is 14.1 Å². The Balaban J connectivity index is 1.18. The summed E-state index contributed by atoms with van der Waals surface area (Å²) in [6.07, 6.45) is 11.4. The quantitative estimate of drug-likeness (QED) is 0.277. The molecule has 0 unspecified atom stereocenters. The zero-order valence-electron chi connectivity index (χ0n) is 21.9. The molecule has 0 spiro atoms. The molecular weight excluding hydrogens is 490 g/mol. The maximum atomic E-state index is 12.7. The minimum Gasteiger partial charge on any atom is -0.457 e. The number of ketones is 1. The summed E-state index contributed by atoms with van der Waals surface area (Å²) in [5, 5.41) is 12.2. The molecule has 1 aliphatic rings. The number of aryl methyl sites for hydroxylation is 1. The summed E-state index contributed by atoms with van der Waals surface area (Å²) in [5.41, 5.74) is 4.30. The zero-order chi connectivity index (χ0) is 26.8. The van der Waals surface area contributed by atoms with Gasteiger partial charge in [0, 0.05) is 35.8 Å². The normalized spacial score (nSPS) is 15.9. The molecule has 6 rings (SSSR count). The number of allylic oxidation sites excluding steroid dienone is 1. The highest BCUT2D eigenvalue weighted by Crippen LogP contribution is 2.30. The van der Waals surface area contributed by atoms with Crippen LogP contribution in [0.2, 0.25) is 0 Å². The summed E-state index contributed by atoms with van der Waals surface area (Å²) < 4.78 is 7.92. The Bertz CT molecular complexity index is 1690. The van der Waals surface area contributed by atoms with Crippen LogP contribution in [0.5, 0.6) is 11.5 Å². The molecule has 0 amide bonds. The summed E-state index contributed by atoms with van der Waals surface area (Å²) in [6.45, 7) is 3.08. The molecular formula is C30H29N7O2. The molecule has 1 atom stereocenters. The van der Waals surface area contributed by atoms with Crippen molar-refractivity contribution in [1.82, 2.24) is 29.5 Å². The zero-order valence-corrected chi connectivity index (χ0v) is 21.9. The largest absolute Gasteiger partial charge is 0.457 e. The molecule has 4 heterocycles. The Morgan fingerprint density at radius 2 is 2.08 bits per heavy atom. The molecule has 1 aliphatic heterocycles. The van der Waals surface area contributed by atoms with Crippen LogP contribution in [-0.2, 0) is 11.2 Å². The van der Waals surface area contributed by atoms with Gasteiger partial charge in [0.05, 0.1) is 5.52 Å². The van der Waals surface area contributed by atoms with E-state index in [1.165, 1.54) is 6.42 Å². The molecule has 2 aromatic carbocycles. The van der Waals surface area contributed by atoms with Crippen LogP contribution in [0.25, 0.3) is 16.6 Å². The van der Waals surface area contributed by atoms with Crippen molar-refractivity contribution in [3.05, 3.63) is 90.7 Å². The fourth-order valence-corrected chi connectivity index (χ4v) is 4.94. The van der Waals surface area contributed by atoms with Crippen LogP contribution < -0.4 is 10.1 Å². The van der Waals surface area contributed by atoms with Crippen LogP contribution in [0.15, 0.2) is 79.5 Å². The summed E-state index contributed by atoms with van der Waals surface area (Å²) in [4.78, 5) is 23.9. The number of nitrogens with one attached hydrogen (secondary N) is 1. The molecule has 9 heteroatoms. The molecule has 0 radical (unpaired) electrons. The van der Waals surface area contributed by atoms with Crippen LogP contribution in [0, 0.1) is 6.92 Å². The molecule has 1 fully saturated rings. The summed E-state index contributed by atoms with van der Waals surface area (Å²) in [7, 11) is 2.10. The van der Waals surface area contributed by atoms with Crippen molar-refractivity contribution in [2.45, 2.75) is 32.2 Å². The van der Waals surface area contributed by atoms with Crippen LogP contribution in [-0.4, -0.2) is 54.9 Å². The molecule has 9 nitrogen and oxygen atoms in total. The molecule has 196 valence electrons. The van der Waals surface area contributed by atoms with E-state index in [0.29, 0.717) is 24.0 Å². The number of benzene rings is 2. The van der Waals surface area contributed by atoms with Gasteiger partial charge >= 0.3 is 0 Å². The standard InChI is InChI=1S/C30H29N7O2/c1-20-14-22(6-10-28(20)39-25-11-13-37-19-33-35-29(37)17-25)34-30-26-16-21(5-9-27(26)31-18-32-30)15-24(38)8-7-23-4-3-12-36(23)2/h5-11,13-14,16-19,23H,3-4,12,15H2,1-2H3,(H,31,32,34)/b8-7+/t23-/m1/s1. The average Bonchev–Trinajstić information content (AvgIpc) is 3.57. The predicted octanol–water partition coefficient (Wildman–Crippen LogP) is 5.28. The summed E-state index contributed by atoms with van der Waals surface area (Å²) >= 11 is 0. The second kappa shape index (κ2) is 10.6. The third kappa shape index (κ3) is 5.49. The van der Waals surface area contributed by atoms with Crippen LogP contribution in [0.4, 0.5) is 11.5 Å². The first-order valence-corrected chi connectivity index (χ1v) is 13.0. The van der Waals surface area contributed by atoms with E-state index in [4.69, 9.17) is 4.74 Å². The van der Waals surface area contributed by atoms with E-state index < -0.39 is 0 Å². The van der Waals surface area contributed by atoms with Crippen LogP contribution in [0.1, 0.15) is 24.0 Å². The lowest BCUT2D eigenvalue weighted by atomic mass is 10.0. The Hall–Kier alpha value is -4.63. The summed E-state index contributed by atoms with van der Waals surface area (Å²) in [5.74, 6) is 2.21. The van der Waals surface area contributed by atoms with Gasteiger partial charge in [0.1, 0.15) is 30.0 Å². The number of hydrogen-bond donors (Lipinski definition) is 1. The number of likely N-dealkylation sites (N-methyl/N-ethyl adjacent to an activating group) is 1. The number of nitrogens with zero attached hydrogens (tertiary/aromatic N) is 6. The van der Waals surface area contributed by atoms with Crippen LogP contribution in [0.3, 0.4) is 0 Å². The van der Waals surface area contributed by atoms with Crippen molar-refractivity contribution in [2.75, 3.05) is 18.9 Å². The number of rotatable bonds is 8. The van der Waals surface area contributed by atoms with E-state index >= 15 is 0 Å². The van der Waals surface area contributed by atoms with Gasteiger partial charge in [0.2, 0.25) is 0 Å². The lowest BCUT2D eigenvalue weighted by Crippen LogP contribution is -2.22. The molecule has 1 saturated heterocycles. The van der Waals surface area contributed by atoms with Crippen LogP contribution >= 0.6 is 0 Å². The van der Waals surface area contributed by atoms with Crippen molar-refractivity contribution in [2.24, 2.45) is 0 Å². The topological polar surface area (TPSA) is 97.5 Å².